The lowest BCUT2D eigenvalue weighted by molar-refractivity contribution is 0.194. The molecular formula is C23H31N3O2. The SMILES string of the molecule is COc1ccccc1CNC(=O)N1CCN(c2ccc(C(C)(C)C)cc2)CC1. The molecule has 2 amide bonds. The molecule has 1 heterocycles. The van der Waals surface area contributed by atoms with E-state index in [2.05, 4.69) is 55.3 Å². The second kappa shape index (κ2) is 8.55. The number of carbonyl (C=O) groups excluding carboxylic acids is 1. The van der Waals surface area contributed by atoms with Gasteiger partial charge in [-0.25, -0.2) is 4.79 Å². The average Bonchev–Trinajstić information content (AvgIpc) is 2.72. The van der Waals surface area contributed by atoms with Crippen LogP contribution in [0.1, 0.15) is 31.9 Å². The minimum Gasteiger partial charge on any atom is -0.496 e. The molecule has 28 heavy (non-hydrogen) atoms. The molecule has 0 aromatic heterocycles. The minimum atomic E-state index is -0.0198. The van der Waals surface area contributed by atoms with Crippen LogP contribution in [0.3, 0.4) is 0 Å². The fourth-order valence-electron chi connectivity index (χ4n) is 3.47. The zero-order valence-corrected chi connectivity index (χ0v) is 17.4. The molecule has 0 aliphatic carbocycles. The zero-order chi connectivity index (χ0) is 20.1. The Balaban J connectivity index is 1.51. The van der Waals surface area contributed by atoms with Crippen LogP contribution in [-0.2, 0) is 12.0 Å². The summed E-state index contributed by atoms with van der Waals surface area (Å²) in [6.45, 7) is 10.3. The van der Waals surface area contributed by atoms with Gasteiger partial charge in [0.2, 0.25) is 0 Å². The first-order valence-corrected chi connectivity index (χ1v) is 9.88. The van der Waals surface area contributed by atoms with E-state index >= 15 is 0 Å². The molecule has 0 bridgehead atoms. The van der Waals surface area contributed by atoms with E-state index < -0.39 is 0 Å². The van der Waals surface area contributed by atoms with Gasteiger partial charge < -0.3 is 19.9 Å². The van der Waals surface area contributed by atoms with E-state index in [1.54, 1.807) is 7.11 Å². The number of nitrogens with zero attached hydrogens (tertiary/aromatic N) is 2. The molecule has 3 rings (SSSR count). The minimum absolute atomic E-state index is 0.0198. The molecule has 0 unspecified atom stereocenters. The number of hydrogen-bond acceptors (Lipinski definition) is 3. The topological polar surface area (TPSA) is 44.8 Å². The first-order valence-electron chi connectivity index (χ1n) is 9.88. The van der Waals surface area contributed by atoms with Crippen LogP contribution in [0.4, 0.5) is 10.5 Å². The molecule has 0 saturated carbocycles. The van der Waals surface area contributed by atoms with Crippen LogP contribution in [0.25, 0.3) is 0 Å². The maximum atomic E-state index is 12.5. The highest BCUT2D eigenvalue weighted by molar-refractivity contribution is 5.74. The van der Waals surface area contributed by atoms with Gasteiger partial charge in [0, 0.05) is 44.0 Å². The van der Waals surface area contributed by atoms with Crippen LogP contribution < -0.4 is 15.0 Å². The molecule has 150 valence electrons. The number of nitrogens with one attached hydrogen (secondary N) is 1. The van der Waals surface area contributed by atoms with Gasteiger partial charge in [0.15, 0.2) is 0 Å². The number of para-hydroxylation sites is 1. The highest BCUT2D eigenvalue weighted by Gasteiger charge is 2.22. The number of anilines is 1. The number of benzene rings is 2. The Bertz CT molecular complexity index is 788. The predicted octanol–water partition coefficient (Wildman–Crippen LogP) is 4.02. The van der Waals surface area contributed by atoms with Crippen molar-refractivity contribution in [3.8, 4) is 5.75 Å². The number of ether oxygens (including phenoxy) is 1. The van der Waals surface area contributed by atoms with Crippen molar-refractivity contribution in [2.24, 2.45) is 0 Å². The number of methoxy groups -OCH3 is 1. The van der Waals surface area contributed by atoms with Gasteiger partial charge in [-0.15, -0.1) is 0 Å². The molecule has 0 atom stereocenters. The number of piperazine rings is 1. The highest BCUT2D eigenvalue weighted by Crippen LogP contribution is 2.25. The average molecular weight is 382 g/mol. The summed E-state index contributed by atoms with van der Waals surface area (Å²) in [5, 5.41) is 3.01. The van der Waals surface area contributed by atoms with Crippen molar-refractivity contribution in [2.75, 3.05) is 38.2 Å². The molecule has 2 aromatic carbocycles. The number of urea groups is 1. The van der Waals surface area contributed by atoms with Crippen LogP contribution in [0.5, 0.6) is 5.75 Å². The van der Waals surface area contributed by atoms with Gasteiger partial charge in [-0.2, -0.15) is 0 Å². The predicted molar refractivity (Wildman–Crippen MR) is 114 cm³/mol. The molecule has 0 radical (unpaired) electrons. The Labute approximate surface area is 168 Å². The van der Waals surface area contributed by atoms with Gasteiger partial charge in [-0.05, 0) is 29.2 Å². The largest absolute Gasteiger partial charge is 0.496 e. The fraction of sp³-hybridized carbons (Fsp3) is 0.435. The van der Waals surface area contributed by atoms with Crippen molar-refractivity contribution >= 4 is 11.7 Å². The maximum Gasteiger partial charge on any atom is 0.317 e. The van der Waals surface area contributed by atoms with Gasteiger partial charge in [0.25, 0.3) is 0 Å². The normalized spacial score (nSPS) is 14.7. The molecule has 1 aliphatic rings. The number of carbonyl (C=O) groups is 1. The summed E-state index contributed by atoms with van der Waals surface area (Å²) in [6, 6.07) is 16.5. The quantitative estimate of drug-likeness (QED) is 0.870. The Morgan fingerprint density at radius 1 is 1.00 bits per heavy atom. The fourth-order valence-corrected chi connectivity index (χ4v) is 3.47. The van der Waals surface area contributed by atoms with Gasteiger partial charge in [0.1, 0.15) is 5.75 Å². The van der Waals surface area contributed by atoms with Crippen molar-refractivity contribution in [3.05, 3.63) is 59.7 Å². The first kappa shape index (κ1) is 20.1. The van der Waals surface area contributed by atoms with Crippen LogP contribution in [0.2, 0.25) is 0 Å². The van der Waals surface area contributed by atoms with Crippen molar-refractivity contribution < 1.29 is 9.53 Å². The summed E-state index contributed by atoms with van der Waals surface area (Å²) in [7, 11) is 1.65. The smallest absolute Gasteiger partial charge is 0.317 e. The monoisotopic (exact) mass is 381 g/mol. The van der Waals surface area contributed by atoms with Gasteiger partial charge >= 0.3 is 6.03 Å². The number of rotatable bonds is 4. The first-order chi connectivity index (χ1) is 13.4. The van der Waals surface area contributed by atoms with E-state index in [0.29, 0.717) is 6.54 Å². The summed E-state index contributed by atoms with van der Waals surface area (Å²) in [5.41, 5.74) is 3.71. The molecule has 5 nitrogen and oxygen atoms in total. The third-order valence-corrected chi connectivity index (χ3v) is 5.29. The molecule has 0 spiro atoms. The lowest BCUT2D eigenvalue weighted by atomic mass is 9.87. The van der Waals surface area contributed by atoms with Gasteiger partial charge in [-0.1, -0.05) is 51.1 Å². The zero-order valence-electron chi connectivity index (χ0n) is 17.4. The lowest BCUT2D eigenvalue weighted by Gasteiger charge is -2.36. The Morgan fingerprint density at radius 2 is 1.64 bits per heavy atom. The van der Waals surface area contributed by atoms with E-state index in [9.17, 15) is 4.79 Å². The molecule has 1 fully saturated rings. The van der Waals surface area contributed by atoms with Crippen LogP contribution >= 0.6 is 0 Å². The van der Waals surface area contributed by atoms with Crippen LogP contribution in [-0.4, -0.2) is 44.2 Å². The van der Waals surface area contributed by atoms with Gasteiger partial charge in [0.05, 0.1) is 7.11 Å². The van der Waals surface area contributed by atoms with E-state index in [1.807, 2.05) is 29.2 Å². The van der Waals surface area contributed by atoms with Crippen LogP contribution in [0.15, 0.2) is 48.5 Å². The van der Waals surface area contributed by atoms with Crippen molar-refractivity contribution in [3.63, 3.8) is 0 Å². The Hall–Kier alpha value is -2.69. The standard InChI is InChI=1S/C23H31N3O2/c1-23(2,3)19-9-11-20(12-10-19)25-13-15-26(16-14-25)22(27)24-17-18-7-5-6-8-21(18)28-4/h5-12H,13-17H2,1-4H3,(H,24,27). The molecule has 1 saturated heterocycles. The third-order valence-electron chi connectivity index (χ3n) is 5.29. The van der Waals surface area contributed by atoms with Crippen molar-refractivity contribution in [2.45, 2.75) is 32.7 Å². The summed E-state index contributed by atoms with van der Waals surface area (Å²) in [6.07, 6.45) is 0. The molecule has 1 aliphatic heterocycles. The molecule has 5 heteroatoms. The van der Waals surface area contributed by atoms with Gasteiger partial charge in [-0.3, -0.25) is 0 Å². The van der Waals surface area contributed by atoms with E-state index in [4.69, 9.17) is 4.74 Å². The number of hydrogen-bond donors (Lipinski definition) is 1. The maximum absolute atomic E-state index is 12.5. The number of amides is 2. The molecule has 1 N–H and O–H groups in total. The van der Waals surface area contributed by atoms with E-state index in [-0.39, 0.29) is 11.4 Å². The summed E-state index contributed by atoms with van der Waals surface area (Å²) in [5.74, 6) is 0.798. The second-order valence-corrected chi connectivity index (χ2v) is 8.24. The molecule has 2 aromatic rings. The van der Waals surface area contributed by atoms with Crippen molar-refractivity contribution in [1.82, 2.24) is 10.2 Å². The van der Waals surface area contributed by atoms with E-state index in [1.165, 1.54) is 11.3 Å². The van der Waals surface area contributed by atoms with Crippen molar-refractivity contribution in [1.29, 1.82) is 0 Å². The second-order valence-electron chi connectivity index (χ2n) is 8.24. The highest BCUT2D eigenvalue weighted by atomic mass is 16.5. The Kier molecular flexibility index (Phi) is 6.12. The summed E-state index contributed by atoms with van der Waals surface area (Å²) < 4.78 is 5.34. The lowest BCUT2D eigenvalue weighted by Crippen LogP contribution is -2.51. The van der Waals surface area contributed by atoms with Crippen LogP contribution in [0, 0.1) is 0 Å². The summed E-state index contributed by atoms with van der Waals surface area (Å²) in [4.78, 5) is 16.8. The molecular weight excluding hydrogens is 350 g/mol. The summed E-state index contributed by atoms with van der Waals surface area (Å²) >= 11 is 0. The Morgan fingerprint density at radius 3 is 2.25 bits per heavy atom. The third kappa shape index (κ3) is 4.77. The van der Waals surface area contributed by atoms with E-state index in [0.717, 1.165) is 37.5 Å².